The third kappa shape index (κ3) is 3.56. The number of amides is 2. The van der Waals surface area contributed by atoms with Gasteiger partial charge in [-0.3, -0.25) is 0 Å². The van der Waals surface area contributed by atoms with Crippen LogP contribution in [0.15, 0.2) is 23.2 Å². The molecule has 0 fully saturated rings. The first-order chi connectivity index (χ1) is 8.06. The Hall–Kier alpha value is -2.44. The molecular weight excluding hydrogens is 224 g/mol. The molecule has 1 aromatic rings. The molecule has 0 saturated carbocycles. The Balaban J connectivity index is 2.91. The molecule has 0 aromatic heterocycles. The number of carbonyl (C=O) groups excluding carboxylic acids is 1. The molecular formula is C10H14N4O3. The molecule has 0 atom stereocenters. The van der Waals surface area contributed by atoms with E-state index in [-0.39, 0.29) is 5.96 Å². The minimum Gasteiger partial charge on any atom is -0.497 e. The summed E-state index contributed by atoms with van der Waals surface area (Å²) in [7, 11) is 3.01. The molecule has 0 spiro atoms. The first-order valence-electron chi connectivity index (χ1n) is 4.69. The fraction of sp³-hybridized carbons (Fsp3) is 0.200. The minimum atomic E-state index is -0.673. The number of nitrogens with one attached hydrogen (secondary N) is 1. The number of methoxy groups -OCH3 is 2. The predicted octanol–water partition coefficient (Wildman–Crippen LogP) is 0.509. The molecule has 0 aliphatic carbocycles. The van der Waals surface area contributed by atoms with Gasteiger partial charge in [0.2, 0.25) is 0 Å². The number of guanidine groups is 1. The Kier molecular flexibility index (Phi) is 4.15. The van der Waals surface area contributed by atoms with Crippen LogP contribution in [0, 0.1) is 0 Å². The number of carbonyl (C=O) groups is 1. The first-order valence-corrected chi connectivity index (χ1v) is 4.69. The molecule has 5 N–H and O–H groups in total. The van der Waals surface area contributed by atoms with Crippen molar-refractivity contribution in [3.63, 3.8) is 0 Å². The van der Waals surface area contributed by atoms with Crippen LogP contribution >= 0.6 is 0 Å². The van der Waals surface area contributed by atoms with Crippen LogP contribution in [0.5, 0.6) is 11.5 Å². The maximum atomic E-state index is 11.3. The van der Waals surface area contributed by atoms with Crippen molar-refractivity contribution in [2.75, 3.05) is 19.5 Å². The average molecular weight is 238 g/mol. The highest BCUT2D eigenvalue weighted by Gasteiger charge is 2.08. The van der Waals surface area contributed by atoms with Crippen molar-refractivity contribution in [3.8, 4) is 11.5 Å². The summed E-state index contributed by atoms with van der Waals surface area (Å²) in [5.74, 6) is 0.750. The monoisotopic (exact) mass is 238 g/mol. The lowest BCUT2D eigenvalue weighted by Crippen LogP contribution is -2.25. The van der Waals surface area contributed by atoms with Crippen molar-refractivity contribution >= 4 is 17.7 Å². The fourth-order valence-corrected chi connectivity index (χ4v) is 1.16. The van der Waals surface area contributed by atoms with E-state index in [0.29, 0.717) is 17.2 Å². The lowest BCUT2D eigenvalue weighted by atomic mass is 10.2. The van der Waals surface area contributed by atoms with Crippen molar-refractivity contribution in [3.05, 3.63) is 18.2 Å². The topological polar surface area (TPSA) is 112 Å². The molecule has 7 heteroatoms. The average Bonchev–Trinajstić information content (AvgIpc) is 2.28. The number of rotatable bonds is 3. The number of nitrogens with two attached hydrogens (primary N) is 2. The lowest BCUT2D eigenvalue weighted by Gasteiger charge is -2.10. The molecule has 17 heavy (non-hydrogen) atoms. The molecule has 7 nitrogen and oxygen atoms in total. The summed E-state index contributed by atoms with van der Waals surface area (Å²) in [6, 6.07) is 4.25. The normalized spacial score (nSPS) is 9.29. The van der Waals surface area contributed by atoms with Gasteiger partial charge in [-0.1, -0.05) is 0 Å². The zero-order chi connectivity index (χ0) is 12.8. The van der Waals surface area contributed by atoms with Gasteiger partial charge in [-0.05, 0) is 12.1 Å². The van der Waals surface area contributed by atoms with Crippen LogP contribution in [-0.4, -0.2) is 26.2 Å². The SMILES string of the molecule is COc1ccc(NC(=O)N=C(N)N)c(OC)c1. The minimum absolute atomic E-state index is 0.310. The second-order valence-corrected chi connectivity index (χ2v) is 3.03. The van der Waals surface area contributed by atoms with E-state index in [4.69, 9.17) is 20.9 Å². The maximum Gasteiger partial charge on any atom is 0.348 e. The van der Waals surface area contributed by atoms with Crippen LogP contribution in [0.4, 0.5) is 10.5 Å². The zero-order valence-corrected chi connectivity index (χ0v) is 9.56. The maximum absolute atomic E-state index is 11.3. The Labute approximate surface area is 98.4 Å². The highest BCUT2D eigenvalue weighted by Crippen LogP contribution is 2.28. The number of benzene rings is 1. The number of ether oxygens (including phenoxy) is 2. The van der Waals surface area contributed by atoms with Crippen molar-refractivity contribution in [1.82, 2.24) is 0 Å². The van der Waals surface area contributed by atoms with Crippen molar-refractivity contribution in [1.29, 1.82) is 0 Å². The van der Waals surface area contributed by atoms with Gasteiger partial charge in [0.25, 0.3) is 0 Å². The second kappa shape index (κ2) is 5.59. The smallest absolute Gasteiger partial charge is 0.348 e. The van der Waals surface area contributed by atoms with Gasteiger partial charge in [-0.25, -0.2) is 4.79 Å². The van der Waals surface area contributed by atoms with E-state index >= 15 is 0 Å². The van der Waals surface area contributed by atoms with E-state index in [1.54, 1.807) is 18.2 Å². The Morgan fingerprint density at radius 2 is 2.00 bits per heavy atom. The highest BCUT2D eigenvalue weighted by atomic mass is 16.5. The zero-order valence-electron chi connectivity index (χ0n) is 9.56. The van der Waals surface area contributed by atoms with E-state index in [0.717, 1.165) is 0 Å². The van der Waals surface area contributed by atoms with E-state index < -0.39 is 6.03 Å². The fourth-order valence-electron chi connectivity index (χ4n) is 1.16. The molecule has 0 radical (unpaired) electrons. The van der Waals surface area contributed by atoms with Gasteiger partial charge < -0.3 is 26.3 Å². The summed E-state index contributed by atoms with van der Waals surface area (Å²) in [4.78, 5) is 14.6. The van der Waals surface area contributed by atoms with Gasteiger partial charge in [-0.2, -0.15) is 4.99 Å². The third-order valence-corrected chi connectivity index (χ3v) is 1.88. The van der Waals surface area contributed by atoms with E-state index in [9.17, 15) is 4.79 Å². The molecule has 2 amide bonds. The summed E-state index contributed by atoms with van der Waals surface area (Å²) in [5, 5.41) is 2.48. The molecule has 0 saturated heterocycles. The van der Waals surface area contributed by atoms with E-state index in [2.05, 4.69) is 10.3 Å². The van der Waals surface area contributed by atoms with Crippen LogP contribution < -0.4 is 26.3 Å². The van der Waals surface area contributed by atoms with Crippen LogP contribution in [0.25, 0.3) is 0 Å². The Morgan fingerprint density at radius 1 is 1.29 bits per heavy atom. The van der Waals surface area contributed by atoms with Gasteiger partial charge in [0.15, 0.2) is 5.96 Å². The van der Waals surface area contributed by atoms with E-state index in [1.807, 2.05) is 0 Å². The number of hydrogen-bond acceptors (Lipinski definition) is 3. The van der Waals surface area contributed by atoms with Crippen molar-refractivity contribution in [2.45, 2.75) is 0 Å². The molecule has 0 aliphatic heterocycles. The van der Waals surface area contributed by atoms with Gasteiger partial charge >= 0.3 is 6.03 Å². The lowest BCUT2D eigenvalue weighted by molar-refractivity contribution is 0.259. The second-order valence-electron chi connectivity index (χ2n) is 3.03. The Morgan fingerprint density at radius 3 is 2.53 bits per heavy atom. The molecule has 0 bridgehead atoms. The Bertz CT molecular complexity index is 441. The molecule has 0 aliphatic rings. The summed E-state index contributed by atoms with van der Waals surface area (Å²) in [6.07, 6.45) is 0. The summed E-state index contributed by atoms with van der Waals surface area (Å²) in [6.45, 7) is 0. The highest BCUT2D eigenvalue weighted by molar-refractivity contribution is 5.98. The van der Waals surface area contributed by atoms with Crippen LogP contribution in [0.2, 0.25) is 0 Å². The van der Waals surface area contributed by atoms with Gasteiger partial charge in [0, 0.05) is 6.07 Å². The summed E-state index contributed by atoms with van der Waals surface area (Å²) >= 11 is 0. The van der Waals surface area contributed by atoms with Gasteiger partial charge in [0.1, 0.15) is 11.5 Å². The number of nitrogens with zero attached hydrogens (tertiary/aromatic N) is 1. The van der Waals surface area contributed by atoms with Crippen LogP contribution in [-0.2, 0) is 0 Å². The predicted molar refractivity (Wildman–Crippen MR) is 64.4 cm³/mol. The largest absolute Gasteiger partial charge is 0.497 e. The molecule has 1 rings (SSSR count). The van der Waals surface area contributed by atoms with Gasteiger partial charge in [0.05, 0.1) is 19.9 Å². The number of anilines is 1. The molecule has 92 valence electrons. The van der Waals surface area contributed by atoms with Crippen LogP contribution in [0.1, 0.15) is 0 Å². The number of urea groups is 1. The third-order valence-electron chi connectivity index (χ3n) is 1.88. The first kappa shape index (κ1) is 12.6. The standard InChI is InChI=1S/C10H14N4O3/c1-16-6-3-4-7(8(5-6)17-2)13-10(15)14-9(11)12/h3-5H,1-2H3,(H5,11,12,13,14,15). The van der Waals surface area contributed by atoms with E-state index in [1.165, 1.54) is 14.2 Å². The summed E-state index contributed by atoms with van der Waals surface area (Å²) in [5.41, 5.74) is 10.6. The molecule has 0 heterocycles. The quantitative estimate of drug-likeness (QED) is 0.524. The van der Waals surface area contributed by atoms with Crippen LogP contribution in [0.3, 0.4) is 0 Å². The van der Waals surface area contributed by atoms with Crippen molar-refractivity contribution in [2.24, 2.45) is 16.5 Å². The number of hydrogen-bond donors (Lipinski definition) is 3. The molecule has 0 unspecified atom stereocenters. The summed E-state index contributed by atoms with van der Waals surface area (Å²) < 4.78 is 10.1. The van der Waals surface area contributed by atoms with Gasteiger partial charge in [-0.15, -0.1) is 0 Å². The molecule has 1 aromatic carbocycles. The number of aliphatic imine (C=N–C) groups is 1. The van der Waals surface area contributed by atoms with Crippen molar-refractivity contribution < 1.29 is 14.3 Å².